The SMILES string of the molecule is CNC(COC(C)C)Nc1nc(N2CCC(F)(F)CC2)nc2cc(OCCCN3CCCC3)c(OC)cc12. The zero-order chi connectivity index (χ0) is 27.1. The van der Waals surface area contributed by atoms with Crippen LogP contribution in [0.15, 0.2) is 12.1 Å². The number of piperidine rings is 1. The van der Waals surface area contributed by atoms with Crippen molar-refractivity contribution < 1.29 is 23.0 Å². The molecule has 0 saturated carbocycles. The molecule has 2 aliphatic heterocycles. The van der Waals surface area contributed by atoms with Crippen molar-refractivity contribution >= 4 is 22.7 Å². The molecule has 1 aromatic carbocycles. The minimum absolute atomic E-state index is 0.0747. The van der Waals surface area contributed by atoms with Gasteiger partial charge in [-0.15, -0.1) is 0 Å². The molecule has 2 fully saturated rings. The van der Waals surface area contributed by atoms with Crippen LogP contribution in [0, 0.1) is 0 Å². The van der Waals surface area contributed by atoms with E-state index in [9.17, 15) is 8.78 Å². The summed E-state index contributed by atoms with van der Waals surface area (Å²) in [5, 5.41) is 7.37. The molecule has 2 saturated heterocycles. The number of nitrogens with one attached hydrogen (secondary N) is 2. The van der Waals surface area contributed by atoms with Gasteiger partial charge in [0.25, 0.3) is 5.92 Å². The minimum atomic E-state index is -2.65. The Bertz CT molecular complexity index is 1040. The van der Waals surface area contributed by atoms with E-state index in [-0.39, 0.29) is 38.2 Å². The summed E-state index contributed by atoms with van der Waals surface area (Å²) < 4.78 is 45.3. The second kappa shape index (κ2) is 13.0. The molecule has 1 atom stereocenters. The molecule has 2 N–H and O–H groups in total. The van der Waals surface area contributed by atoms with Gasteiger partial charge in [-0.1, -0.05) is 0 Å². The molecule has 38 heavy (non-hydrogen) atoms. The number of fused-ring (bicyclic) bond motifs is 1. The predicted octanol–water partition coefficient (Wildman–Crippen LogP) is 4.12. The molecule has 2 aliphatic rings. The zero-order valence-corrected chi connectivity index (χ0v) is 23.1. The molecular formula is C27H42F2N6O3. The molecule has 2 aromatic rings. The van der Waals surface area contributed by atoms with Gasteiger partial charge in [0.1, 0.15) is 12.0 Å². The van der Waals surface area contributed by atoms with Gasteiger partial charge < -0.3 is 29.3 Å². The second-order valence-electron chi connectivity index (χ2n) is 10.4. The lowest BCUT2D eigenvalue weighted by Crippen LogP contribution is -2.41. The number of rotatable bonds is 13. The number of benzene rings is 1. The number of likely N-dealkylation sites (tertiary alicyclic amines) is 1. The first-order chi connectivity index (χ1) is 18.3. The van der Waals surface area contributed by atoms with Gasteiger partial charge in [0.05, 0.1) is 31.9 Å². The van der Waals surface area contributed by atoms with Crippen LogP contribution in [0.4, 0.5) is 20.5 Å². The summed E-state index contributed by atoms with van der Waals surface area (Å²) in [5.74, 6) is -0.456. The fraction of sp³-hybridized carbons (Fsp3) is 0.704. The Morgan fingerprint density at radius 1 is 1.05 bits per heavy atom. The van der Waals surface area contributed by atoms with Gasteiger partial charge in [0, 0.05) is 43.9 Å². The van der Waals surface area contributed by atoms with Gasteiger partial charge in [-0.25, -0.2) is 13.8 Å². The van der Waals surface area contributed by atoms with Crippen LogP contribution < -0.4 is 25.0 Å². The Kier molecular flexibility index (Phi) is 9.78. The van der Waals surface area contributed by atoms with Gasteiger partial charge in [0.15, 0.2) is 11.5 Å². The van der Waals surface area contributed by atoms with Gasteiger partial charge in [-0.3, -0.25) is 5.32 Å². The summed E-state index contributed by atoms with van der Waals surface area (Å²) in [6, 6.07) is 3.73. The highest BCUT2D eigenvalue weighted by Crippen LogP contribution is 2.36. The maximum absolute atomic E-state index is 13.8. The molecule has 4 rings (SSSR count). The molecular weight excluding hydrogens is 494 g/mol. The summed E-state index contributed by atoms with van der Waals surface area (Å²) in [6.45, 7) is 8.67. The highest BCUT2D eigenvalue weighted by molar-refractivity contribution is 5.93. The molecule has 11 heteroatoms. The number of ether oxygens (including phenoxy) is 3. The van der Waals surface area contributed by atoms with E-state index in [2.05, 4.69) is 15.5 Å². The van der Waals surface area contributed by atoms with E-state index in [1.165, 1.54) is 12.8 Å². The standard InChI is InChI=1S/C27H42F2N6O3/c1-19(2)38-18-24(30-3)32-25-20-16-22(36-4)23(37-15-7-12-34-10-5-6-11-34)17-21(20)31-26(33-25)35-13-8-27(28,29)9-14-35/h16-17,19,24,30H,5-15,18H2,1-4H3,(H,31,32,33). The Labute approximate surface area is 224 Å². The van der Waals surface area contributed by atoms with E-state index >= 15 is 0 Å². The van der Waals surface area contributed by atoms with Crippen LogP contribution in [0.2, 0.25) is 0 Å². The molecule has 0 spiro atoms. The lowest BCUT2D eigenvalue weighted by atomic mass is 10.1. The van der Waals surface area contributed by atoms with Crippen LogP contribution in [-0.2, 0) is 4.74 Å². The number of hydrogen-bond donors (Lipinski definition) is 2. The fourth-order valence-electron chi connectivity index (χ4n) is 4.81. The molecule has 0 amide bonds. The number of aromatic nitrogens is 2. The summed E-state index contributed by atoms with van der Waals surface area (Å²) >= 11 is 0. The quantitative estimate of drug-likeness (QED) is 0.290. The van der Waals surface area contributed by atoms with Crippen molar-refractivity contribution in [1.29, 1.82) is 0 Å². The maximum Gasteiger partial charge on any atom is 0.251 e. The smallest absolute Gasteiger partial charge is 0.251 e. The van der Waals surface area contributed by atoms with Gasteiger partial charge in [-0.2, -0.15) is 4.98 Å². The van der Waals surface area contributed by atoms with Crippen LogP contribution >= 0.6 is 0 Å². The second-order valence-corrected chi connectivity index (χ2v) is 10.4. The predicted molar refractivity (Wildman–Crippen MR) is 146 cm³/mol. The van der Waals surface area contributed by atoms with Crippen molar-refractivity contribution in [2.24, 2.45) is 0 Å². The average Bonchev–Trinajstić information content (AvgIpc) is 3.42. The third-order valence-corrected chi connectivity index (χ3v) is 7.08. The van der Waals surface area contributed by atoms with Gasteiger partial charge in [0.2, 0.25) is 5.95 Å². The molecule has 0 aliphatic carbocycles. The number of alkyl halides is 2. The maximum atomic E-state index is 13.8. The lowest BCUT2D eigenvalue weighted by Gasteiger charge is -2.32. The summed E-state index contributed by atoms with van der Waals surface area (Å²) in [4.78, 5) is 13.8. The largest absolute Gasteiger partial charge is 0.493 e. The number of halogens is 2. The molecule has 212 valence electrons. The third kappa shape index (κ3) is 7.54. The van der Waals surface area contributed by atoms with Crippen molar-refractivity contribution in [1.82, 2.24) is 20.2 Å². The normalized spacial score (nSPS) is 18.8. The third-order valence-electron chi connectivity index (χ3n) is 7.08. The van der Waals surface area contributed by atoms with Crippen molar-refractivity contribution in [3.63, 3.8) is 0 Å². The number of methoxy groups -OCH3 is 1. The van der Waals surface area contributed by atoms with Crippen LogP contribution in [0.25, 0.3) is 10.9 Å². The minimum Gasteiger partial charge on any atom is -0.493 e. The number of anilines is 2. The van der Waals surface area contributed by atoms with E-state index in [0.29, 0.717) is 42.0 Å². The first-order valence-electron chi connectivity index (χ1n) is 13.7. The number of likely N-dealkylation sites (N-methyl/N-ethyl adjacent to an activating group) is 1. The Morgan fingerprint density at radius 3 is 2.45 bits per heavy atom. The molecule has 1 aromatic heterocycles. The van der Waals surface area contributed by atoms with Crippen molar-refractivity contribution in [3.8, 4) is 11.5 Å². The fourth-order valence-corrected chi connectivity index (χ4v) is 4.81. The van der Waals surface area contributed by atoms with Crippen LogP contribution in [-0.4, -0.2) is 93.2 Å². The van der Waals surface area contributed by atoms with Crippen molar-refractivity contribution in [2.45, 2.75) is 64.1 Å². The Hall–Kier alpha value is -2.50. The molecule has 0 bridgehead atoms. The highest BCUT2D eigenvalue weighted by atomic mass is 19.3. The monoisotopic (exact) mass is 536 g/mol. The van der Waals surface area contributed by atoms with E-state index in [4.69, 9.17) is 24.2 Å². The molecule has 3 heterocycles. The lowest BCUT2D eigenvalue weighted by molar-refractivity contribution is -0.0222. The van der Waals surface area contributed by atoms with Crippen LogP contribution in [0.3, 0.4) is 0 Å². The molecule has 9 nitrogen and oxygen atoms in total. The van der Waals surface area contributed by atoms with E-state index in [1.807, 2.05) is 37.9 Å². The first kappa shape index (κ1) is 28.5. The number of nitrogens with zero attached hydrogens (tertiary/aromatic N) is 4. The summed E-state index contributed by atoms with van der Waals surface area (Å²) in [6.07, 6.45) is 2.88. The zero-order valence-electron chi connectivity index (χ0n) is 23.1. The first-order valence-corrected chi connectivity index (χ1v) is 13.7. The summed E-state index contributed by atoms with van der Waals surface area (Å²) in [7, 11) is 3.45. The van der Waals surface area contributed by atoms with Crippen molar-refractivity contribution in [3.05, 3.63) is 12.1 Å². The van der Waals surface area contributed by atoms with E-state index in [1.54, 1.807) is 7.11 Å². The molecule has 1 unspecified atom stereocenters. The van der Waals surface area contributed by atoms with Gasteiger partial charge in [-0.05, 0) is 59.3 Å². The number of hydrogen-bond acceptors (Lipinski definition) is 9. The van der Waals surface area contributed by atoms with Crippen LogP contribution in [0.1, 0.15) is 46.0 Å². The average molecular weight is 537 g/mol. The summed E-state index contributed by atoms with van der Waals surface area (Å²) in [5.41, 5.74) is 0.657. The van der Waals surface area contributed by atoms with Crippen LogP contribution in [0.5, 0.6) is 11.5 Å². The Balaban J connectivity index is 1.60. The van der Waals surface area contributed by atoms with Crippen molar-refractivity contribution in [2.75, 3.05) is 70.3 Å². The molecule has 0 radical (unpaired) electrons. The van der Waals surface area contributed by atoms with E-state index < -0.39 is 5.92 Å². The topological polar surface area (TPSA) is 84.0 Å². The van der Waals surface area contributed by atoms with Gasteiger partial charge >= 0.3 is 0 Å². The van der Waals surface area contributed by atoms with E-state index in [0.717, 1.165) is 31.4 Å². The highest BCUT2D eigenvalue weighted by Gasteiger charge is 2.35. The Morgan fingerprint density at radius 2 is 1.79 bits per heavy atom.